The Morgan fingerprint density at radius 1 is 0.690 bits per heavy atom. The number of allylic oxidation sites excluding steroid dienone is 1. The molecule has 0 aliphatic heterocycles. The number of nitrogens with zero attached hydrogens (tertiary/aromatic N) is 1. The minimum atomic E-state index is 0.971. The standard InChI is InChI=1S/C41H57N/c1-7-11-13-15-16-19-25-38-29-35(26-32(5)41(38)10-4)28-36(9-3)33(6)42-40-30-34(22-18-14-12-8-2)27-39(31-40)37-23-20-17-21-24-37/h17,20-21,23-24,26-31H,7-16,18-19,22,25H2,1-6H3. The van der Waals surface area contributed by atoms with Gasteiger partial charge in [-0.3, -0.25) is 4.99 Å². The van der Waals surface area contributed by atoms with Crippen molar-refractivity contribution in [3.05, 3.63) is 94.1 Å². The molecule has 3 rings (SSSR count). The molecular weight excluding hydrogens is 506 g/mol. The fourth-order valence-electron chi connectivity index (χ4n) is 6.19. The lowest BCUT2D eigenvalue weighted by Gasteiger charge is -2.14. The molecule has 0 spiro atoms. The Labute approximate surface area is 258 Å². The molecule has 0 saturated heterocycles. The monoisotopic (exact) mass is 563 g/mol. The maximum absolute atomic E-state index is 5.23. The van der Waals surface area contributed by atoms with Crippen molar-refractivity contribution in [1.29, 1.82) is 0 Å². The summed E-state index contributed by atoms with van der Waals surface area (Å²) in [6.07, 6.45) is 20.0. The molecule has 3 aromatic rings. The summed E-state index contributed by atoms with van der Waals surface area (Å²) in [7, 11) is 0. The van der Waals surface area contributed by atoms with E-state index < -0.39 is 0 Å². The van der Waals surface area contributed by atoms with Gasteiger partial charge in [-0.15, -0.1) is 0 Å². The van der Waals surface area contributed by atoms with Crippen molar-refractivity contribution in [2.75, 3.05) is 0 Å². The van der Waals surface area contributed by atoms with E-state index in [0.717, 1.165) is 30.7 Å². The molecule has 0 radical (unpaired) electrons. The van der Waals surface area contributed by atoms with Gasteiger partial charge in [0.1, 0.15) is 0 Å². The van der Waals surface area contributed by atoms with Crippen molar-refractivity contribution < 1.29 is 0 Å². The molecule has 0 atom stereocenters. The number of hydrogen-bond donors (Lipinski definition) is 0. The second-order valence-corrected chi connectivity index (χ2v) is 12.1. The summed E-state index contributed by atoms with van der Waals surface area (Å²) >= 11 is 0. The van der Waals surface area contributed by atoms with Crippen LogP contribution in [0.2, 0.25) is 0 Å². The Morgan fingerprint density at radius 2 is 1.36 bits per heavy atom. The highest BCUT2D eigenvalue weighted by Crippen LogP contribution is 2.29. The quantitative estimate of drug-likeness (QED) is 0.108. The van der Waals surface area contributed by atoms with E-state index in [-0.39, 0.29) is 0 Å². The lowest BCUT2D eigenvalue weighted by molar-refractivity contribution is 0.606. The Bertz CT molecular complexity index is 1280. The van der Waals surface area contributed by atoms with Crippen LogP contribution in [0, 0.1) is 6.92 Å². The van der Waals surface area contributed by atoms with Gasteiger partial charge in [0.05, 0.1) is 5.69 Å². The number of benzene rings is 3. The van der Waals surface area contributed by atoms with Gasteiger partial charge in [0.25, 0.3) is 0 Å². The van der Waals surface area contributed by atoms with Crippen LogP contribution in [0.1, 0.15) is 133 Å². The van der Waals surface area contributed by atoms with E-state index in [1.165, 1.54) is 104 Å². The van der Waals surface area contributed by atoms with Gasteiger partial charge >= 0.3 is 0 Å². The molecule has 0 saturated carbocycles. The van der Waals surface area contributed by atoms with Gasteiger partial charge in [-0.25, -0.2) is 0 Å². The number of hydrogen-bond acceptors (Lipinski definition) is 1. The number of aryl methyl sites for hydroxylation is 3. The predicted molar refractivity (Wildman–Crippen MR) is 188 cm³/mol. The minimum Gasteiger partial charge on any atom is -0.253 e. The molecule has 0 bridgehead atoms. The third kappa shape index (κ3) is 10.7. The topological polar surface area (TPSA) is 12.4 Å². The van der Waals surface area contributed by atoms with Crippen LogP contribution in [0.15, 0.2) is 71.2 Å². The Morgan fingerprint density at radius 3 is 2.05 bits per heavy atom. The SMILES string of the molecule is CCCCCCCCc1cc(C=C(CC)C(C)=Nc2cc(CCCCCC)cc(-c3ccccc3)c2)cc(C)c1CC. The van der Waals surface area contributed by atoms with Gasteiger partial charge in [0.2, 0.25) is 0 Å². The zero-order chi connectivity index (χ0) is 30.2. The van der Waals surface area contributed by atoms with E-state index in [0.29, 0.717) is 0 Å². The van der Waals surface area contributed by atoms with Gasteiger partial charge < -0.3 is 0 Å². The third-order valence-electron chi connectivity index (χ3n) is 8.63. The summed E-state index contributed by atoms with van der Waals surface area (Å²) in [5.74, 6) is 0. The average molecular weight is 564 g/mol. The van der Waals surface area contributed by atoms with Crippen LogP contribution in [-0.2, 0) is 19.3 Å². The van der Waals surface area contributed by atoms with E-state index in [9.17, 15) is 0 Å². The molecule has 226 valence electrons. The molecule has 0 aliphatic rings. The Balaban J connectivity index is 1.88. The maximum Gasteiger partial charge on any atom is 0.0641 e. The van der Waals surface area contributed by atoms with E-state index in [2.05, 4.69) is 108 Å². The highest BCUT2D eigenvalue weighted by molar-refractivity contribution is 6.03. The molecule has 0 fully saturated rings. The van der Waals surface area contributed by atoms with Gasteiger partial charge in [0, 0.05) is 5.71 Å². The number of unbranched alkanes of at least 4 members (excludes halogenated alkanes) is 8. The second kappa shape index (κ2) is 18.6. The molecule has 1 heteroatoms. The molecule has 0 unspecified atom stereocenters. The molecule has 1 nitrogen and oxygen atoms in total. The molecule has 0 heterocycles. The van der Waals surface area contributed by atoms with Gasteiger partial charge in [-0.1, -0.05) is 128 Å². The van der Waals surface area contributed by atoms with Crippen LogP contribution >= 0.6 is 0 Å². The summed E-state index contributed by atoms with van der Waals surface area (Å²) in [4.78, 5) is 5.23. The summed E-state index contributed by atoms with van der Waals surface area (Å²) in [6, 6.07) is 22.6. The first-order valence-electron chi connectivity index (χ1n) is 17.1. The van der Waals surface area contributed by atoms with E-state index in [1.807, 2.05) is 0 Å². The largest absolute Gasteiger partial charge is 0.253 e. The first kappa shape index (κ1) is 33.6. The van der Waals surface area contributed by atoms with Crippen LogP contribution in [0.4, 0.5) is 5.69 Å². The van der Waals surface area contributed by atoms with Gasteiger partial charge in [-0.2, -0.15) is 0 Å². The van der Waals surface area contributed by atoms with Crippen molar-refractivity contribution in [3.63, 3.8) is 0 Å². The van der Waals surface area contributed by atoms with Crippen LogP contribution in [0.3, 0.4) is 0 Å². The van der Waals surface area contributed by atoms with Crippen molar-refractivity contribution in [3.8, 4) is 11.1 Å². The highest BCUT2D eigenvalue weighted by Gasteiger charge is 2.09. The van der Waals surface area contributed by atoms with Crippen LogP contribution < -0.4 is 0 Å². The van der Waals surface area contributed by atoms with Crippen molar-refractivity contribution in [2.45, 2.75) is 131 Å². The lowest BCUT2D eigenvalue weighted by atomic mass is 9.92. The van der Waals surface area contributed by atoms with E-state index in [1.54, 1.807) is 11.1 Å². The smallest absolute Gasteiger partial charge is 0.0641 e. The zero-order valence-electron chi connectivity index (χ0n) is 27.7. The minimum absolute atomic E-state index is 0.971. The number of aliphatic imine (C=N–C) groups is 1. The Hall–Kier alpha value is -2.93. The molecule has 0 amide bonds. The summed E-state index contributed by atoms with van der Waals surface area (Å²) in [5.41, 5.74) is 13.3. The third-order valence-corrected chi connectivity index (χ3v) is 8.63. The zero-order valence-corrected chi connectivity index (χ0v) is 27.7. The van der Waals surface area contributed by atoms with Crippen molar-refractivity contribution >= 4 is 17.5 Å². The van der Waals surface area contributed by atoms with Crippen LogP contribution in [0.5, 0.6) is 0 Å². The van der Waals surface area contributed by atoms with Crippen molar-refractivity contribution in [2.24, 2.45) is 4.99 Å². The normalized spacial score (nSPS) is 12.2. The second-order valence-electron chi connectivity index (χ2n) is 12.1. The summed E-state index contributed by atoms with van der Waals surface area (Å²) in [6.45, 7) is 13.6. The molecule has 3 aromatic carbocycles. The van der Waals surface area contributed by atoms with E-state index in [4.69, 9.17) is 4.99 Å². The molecule has 0 aliphatic carbocycles. The fraction of sp³-hybridized carbons (Fsp3) is 0.488. The first-order valence-corrected chi connectivity index (χ1v) is 17.1. The molecular formula is C41H57N. The number of rotatable bonds is 18. The lowest BCUT2D eigenvalue weighted by Crippen LogP contribution is -2.00. The van der Waals surface area contributed by atoms with Gasteiger partial charge in [-0.05, 0) is 115 Å². The van der Waals surface area contributed by atoms with Crippen LogP contribution in [-0.4, -0.2) is 5.71 Å². The predicted octanol–water partition coefficient (Wildman–Crippen LogP) is 12.8. The summed E-state index contributed by atoms with van der Waals surface area (Å²) in [5, 5.41) is 0. The van der Waals surface area contributed by atoms with Gasteiger partial charge in [0.15, 0.2) is 0 Å². The van der Waals surface area contributed by atoms with Crippen LogP contribution in [0.25, 0.3) is 17.2 Å². The summed E-state index contributed by atoms with van der Waals surface area (Å²) < 4.78 is 0. The maximum atomic E-state index is 5.23. The molecule has 0 N–H and O–H groups in total. The first-order chi connectivity index (χ1) is 20.5. The van der Waals surface area contributed by atoms with E-state index >= 15 is 0 Å². The molecule has 42 heavy (non-hydrogen) atoms. The Kier molecular flexibility index (Phi) is 14.8. The van der Waals surface area contributed by atoms with Crippen molar-refractivity contribution in [1.82, 2.24) is 0 Å². The average Bonchev–Trinajstić information content (AvgIpc) is 3.00. The highest BCUT2D eigenvalue weighted by atomic mass is 14.7. The molecule has 0 aromatic heterocycles. The fourth-order valence-corrected chi connectivity index (χ4v) is 6.19.